The number of benzene rings is 2. The van der Waals surface area contributed by atoms with Crippen molar-refractivity contribution in [3.8, 4) is 5.75 Å². The molecule has 0 aliphatic carbocycles. The van der Waals surface area contributed by atoms with Crippen molar-refractivity contribution in [2.24, 2.45) is 11.8 Å². The van der Waals surface area contributed by atoms with Crippen LogP contribution >= 0.6 is 11.3 Å². The molecule has 2 heterocycles. The van der Waals surface area contributed by atoms with Gasteiger partial charge in [0, 0.05) is 49.1 Å². The highest BCUT2D eigenvalue weighted by Gasteiger charge is 2.36. The molecule has 6 heteroatoms. The maximum atomic E-state index is 13.4. The lowest BCUT2D eigenvalue weighted by molar-refractivity contribution is 0.0703. The number of amides is 1. The summed E-state index contributed by atoms with van der Waals surface area (Å²) in [5, 5.41) is 2.12. The number of hydrogen-bond acceptors (Lipinski definition) is 4. The Balaban J connectivity index is 1.59. The fourth-order valence-corrected chi connectivity index (χ4v) is 5.63. The normalized spacial score (nSPS) is 18.4. The van der Waals surface area contributed by atoms with Crippen LogP contribution in [0.4, 0.5) is 4.39 Å². The second kappa shape index (κ2) is 11.2. The highest BCUT2D eigenvalue weighted by molar-refractivity contribution is 7.09. The van der Waals surface area contributed by atoms with Crippen molar-refractivity contribution in [3.05, 3.63) is 87.9 Å². The van der Waals surface area contributed by atoms with Gasteiger partial charge in [0.2, 0.25) is 0 Å². The van der Waals surface area contributed by atoms with E-state index in [1.54, 1.807) is 30.6 Å². The van der Waals surface area contributed by atoms with E-state index in [1.165, 1.54) is 22.6 Å². The van der Waals surface area contributed by atoms with E-state index in [1.807, 2.05) is 17.0 Å². The third-order valence-corrected chi connectivity index (χ3v) is 7.28. The van der Waals surface area contributed by atoms with Crippen LogP contribution in [0.15, 0.2) is 66.0 Å². The fraction of sp³-hybridized carbons (Fsp3) is 0.393. The number of thiophene rings is 1. The van der Waals surface area contributed by atoms with Gasteiger partial charge in [0.15, 0.2) is 0 Å². The van der Waals surface area contributed by atoms with Gasteiger partial charge in [0.1, 0.15) is 11.6 Å². The lowest BCUT2D eigenvalue weighted by Gasteiger charge is -2.30. The number of likely N-dealkylation sites (tertiary alicyclic amines) is 1. The van der Waals surface area contributed by atoms with Crippen molar-refractivity contribution >= 4 is 17.2 Å². The first-order valence-electron chi connectivity index (χ1n) is 11.9. The van der Waals surface area contributed by atoms with Crippen molar-refractivity contribution in [2.45, 2.75) is 26.3 Å². The topological polar surface area (TPSA) is 32.8 Å². The van der Waals surface area contributed by atoms with E-state index in [0.29, 0.717) is 30.5 Å². The molecule has 0 N–H and O–H groups in total. The molecule has 4 rings (SSSR count). The molecule has 1 saturated heterocycles. The van der Waals surface area contributed by atoms with E-state index in [2.05, 4.69) is 48.4 Å². The Morgan fingerprint density at radius 1 is 1.15 bits per heavy atom. The first kappa shape index (κ1) is 24.4. The van der Waals surface area contributed by atoms with E-state index < -0.39 is 0 Å². The predicted molar refractivity (Wildman–Crippen MR) is 136 cm³/mol. The second-order valence-corrected chi connectivity index (χ2v) is 10.6. The van der Waals surface area contributed by atoms with Crippen LogP contribution in [0.5, 0.6) is 5.75 Å². The third-order valence-electron chi connectivity index (χ3n) is 6.42. The first-order valence-corrected chi connectivity index (χ1v) is 12.7. The molecule has 1 aromatic heterocycles. The number of ether oxygens (including phenoxy) is 1. The number of rotatable bonds is 9. The molecule has 34 heavy (non-hydrogen) atoms. The maximum absolute atomic E-state index is 13.4. The molecule has 1 aliphatic heterocycles. The Morgan fingerprint density at radius 2 is 1.94 bits per heavy atom. The number of methoxy groups -OCH3 is 1. The standard InChI is InChI=1S/C28H33FN2O2S/c1-20(2)15-31(28(32)21-9-11-24(29)12-10-21)17-23-16-30(18-26-8-5-13-34-26)19-27(23)22-6-4-7-25(14-22)33-3/h4-14,20,23,27H,15-19H2,1-3H3. The quantitative estimate of drug-likeness (QED) is 0.382. The molecule has 1 amide bonds. The van der Waals surface area contributed by atoms with Crippen molar-refractivity contribution in [3.63, 3.8) is 0 Å². The molecule has 2 unspecified atom stereocenters. The second-order valence-electron chi connectivity index (χ2n) is 9.53. The highest BCUT2D eigenvalue weighted by atomic mass is 32.1. The van der Waals surface area contributed by atoms with E-state index in [9.17, 15) is 9.18 Å². The summed E-state index contributed by atoms with van der Waals surface area (Å²) in [6, 6.07) is 18.5. The molecule has 2 atom stereocenters. The Morgan fingerprint density at radius 3 is 2.62 bits per heavy atom. The van der Waals surface area contributed by atoms with Crippen LogP contribution in [0, 0.1) is 17.7 Å². The number of carbonyl (C=O) groups excluding carboxylic acids is 1. The zero-order valence-corrected chi connectivity index (χ0v) is 20.9. The Hall–Kier alpha value is -2.70. The first-order chi connectivity index (χ1) is 16.4. The Bertz CT molecular complexity index is 1070. The molecule has 0 saturated carbocycles. The van der Waals surface area contributed by atoms with Gasteiger partial charge in [0.25, 0.3) is 5.91 Å². The van der Waals surface area contributed by atoms with Crippen LogP contribution in [-0.4, -0.2) is 49.0 Å². The van der Waals surface area contributed by atoms with Gasteiger partial charge in [0.05, 0.1) is 7.11 Å². The molecule has 180 valence electrons. The maximum Gasteiger partial charge on any atom is 0.253 e. The summed E-state index contributed by atoms with van der Waals surface area (Å²) >= 11 is 1.78. The van der Waals surface area contributed by atoms with Crippen LogP contribution < -0.4 is 4.74 Å². The summed E-state index contributed by atoms with van der Waals surface area (Å²) in [5.74, 6) is 1.42. The van der Waals surface area contributed by atoms with E-state index in [0.717, 1.165) is 25.4 Å². The van der Waals surface area contributed by atoms with Crippen molar-refractivity contribution in [1.82, 2.24) is 9.80 Å². The van der Waals surface area contributed by atoms with Crippen LogP contribution in [0.25, 0.3) is 0 Å². The molecule has 0 spiro atoms. The number of hydrogen-bond donors (Lipinski definition) is 0. The molecule has 4 nitrogen and oxygen atoms in total. The number of halogens is 1. The van der Waals surface area contributed by atoms with Gasteiger partial charge in [-0.15, -0.1) is 11.3 Å². The van der Waals surface area contributed by atoms with E-state index >= 15 is 0 Å². The summed E-state index contributed by atoms with van der Waals surface area (Å²) < 4.78 is 18.9. The van der Waals surface area contributed by atoms with Crippen LogP contribution in [0.2, 0.25) is 0 Å². The van der Waals surface area contributed by atoms with E-state index in [4.69, 9.17) is 4.74 Å². The zero-order chi connectivity index (χ0) is 24.1. The van der Waals surface area contributed by atoms with Crippen LogP contribution in [-0.2, 0) is 6.54 Å². The van der Waals surface area contributed by atoms with Crippen molar-refractivity contribution in [2.75, 3.05) is 33.3 Å². The largest absolute Gasteiger partial charge is 0.497 e. The molecular weight excluding hydrogens is 447 g/mol. The summed E-state index contributed by atoms with van der Waals surface area (Å²) in [7, 11) is 1.69. The predicted octanol–water partition coefficient (Wildman–Crippen LogP) is 5.91. The molecule has 3 aromatic rings. The van der Waals surface area contributed by atoms with Gasteiger partial charge in [-0.2, -0.15) is 0 Å². The highest BCUT2D eigenvalue weighted by Crippen LogP contribution is 2.36. The van der Waals surface area contributed by atoms with Crippen molar-refractivity contribution in [1.29, 1.82) is 0 Å². The van der Waals surface area contributed by atoms with Gasteiger partial charge in [-0.05, 0) is 65.2 Å². The minimum absolute atomic E-state index is 0.0326. The summed E-state index contributed by atoms with van der Waals surface area (Å²) in [6.07, 6.45) is 0. The molecule has 2 aromatic carbocycles. The van der Waals surface area contributed by atoms with Gasteiger partial charge >= 0.3 is 0 Å². The lowest BCUT2D eigenvalue weighted by Crippen LogP contribution is -2.39. The zero-order valence-electron chi connectivity index (χ0n) is 20.1. The smallest absolute Gasteiger partial charge is 0.253 e. The monoisotopic (exact) mass is 480 g/mol. The summed E-state index contributed by atoms with van der Waals surface area (Å²) in [4.78, 5) is 19.2. The van der Waals surface area contributed by atoms with Gasteiger partial charge in [-0.1, -0.05) is 32.0 Å². The molecule has 1 aliphatic rings. The Labute approximate surface area is 206 Å². The Kier molecular flexibility index (Phi) is 8.01. The number of carbonyl (C=O) groups is 1. The summed E-state index contributed by atoms with van der Waals surface area (Å²) in [6.45, 7) is 8.37. The molecule has 1 fully saturated rings. The van der Waals surface area contributed by atoms with Gasteiger partial charge in [-0.3, -0.25) is 9.69 Å². The fourth-order valence-electron chi connectivity index (χ4n) is 4.89. The van der Waals surface area contributed by atoms with E-state index in [-0.39, 0.29) is 17.6 Å². The van der Waals surface area contributed by atoms with Gasteiger partial charge < -0.3 is 9.64 Å². The molecule has 0 radical (unpaired) electrons. The average Bonchev–Trinajstić information content (AvgIpc) is 3.48. The van der Waals surface area contributed by atoms with Crippen LogP contribution in [0.1, 0.15) is 40.6 Å². The molecule has 0 bridgehead atoms. The minimum atomic E-state index is -0.329. The van der Waals surface area contributed by atoms with Crippen LogP contribution in [0.3, 0.4) is 0 Å². The minimum Gasteiger partial charge on any atom is -0.497 e. The third kappa shape index (κ3) is 6.05. The van der Waals surface area contributed by atoms with Gasteiger partial charge in [-0.25, -0.2) is 4.39 Å². The lowest BCUT2D eigenvalue weighted by atomic mass is 9.88. The molecular formula is C28H33FN2O2S. The summed E-state index contributed by atoms with van der Waals surface area (Å²) in [5.41, 5.74) is 1.78. The average molecular weight is 481 g/mol. The SMILES string of the molecule is COc1cccc(C2CN(Cc3cccs3)CC2CN(CC(C)C)C(=O)c2ccc(F)cc2)c1. The number of nitrogens with zero attached hydrogens (tertiary/aromatic N) is 2. The van der Waals surface area contributed by atoms with Crippen molar-refractivity contribution < 1.29 is 13.9 Å².